The van der Waals surface area contributed by atoms with Crippen LogP contribution in [0.4, 0.5) is 0 Å². The number of piperazine rings is 1. The molecule has 0 aromatic carbocycles. The SMILES string of the molecule is CCCS(=O)(=O)N1CCN(C(=O)CC(N)C(C)C)CC1. The minimum Gasteiger partial charge on any atom is -0.340 e. The minimum atomic E-state index is -3.15. The van der Waals surface area contributed by atoms with E-state index in [1.54, 1.807) is 4.90 Å². The molecule has 1 saturated heterocycles. The molecule has 1 amide bonds. The number of rotatable bonds is 6. The molecule has 0 aromatic rings. The number of hydrogen-bond acceptors (Lipinski definition) is 4. The van der Waals surface area contributed by atoms with Crippen molar-refractivity contribution in [2.24, 2.45) is 11.7 Å². The average molecular weight is 305 g/mol. The van der Waals surface area contributed by atoms with Crippen molar-refractivity contribution in [2.45, 2.75) is 39.7 Å². The zero-order valence-electron chi connectivity index (χ0n) is 12.7. The van der Waals surface area contributed by atoms with Crippen LogP contribution in [0.25, 0.3) is 0 Å². The standard InChI is InChI=1S/C13H27N3O3S/c1-4-9-20(18,19)16-7-5-15(6-8-16)13(17)10-12(14)11(2)3/h11-12H,4-10,14H2,1-3H3. The minimum absolute atomic E-state index is 0.0266. The van der Waals surface area contributed by atoms with Crippen LogP contribution in [0, 0.1) is 5.92 Å². The van der Waals surface area contributed by atoms with Gasteiger partial charge in [-0.25, -0.2) is 8.42 Å². The Bertz CT molecular complexity index is 415. The second kappa shape index (κ2) is 7.38. The summed E-state index contributed by atoms with van der Waals surface area (Å²) >= 11 is 0. The number of carbonyl (C=O) groups is 1. The van der Waals surface area contributed by atoms with Crippen LogP contribution in [-0.4, -0.2) is 61.5 Å². The van der Waals surface area contributed by atoms with Gasteiger partial charge in [-0.1, -0.05) is 20.8 Å². The van der Waals surface area contributed by atoms with Crippen LogP contribution < -0.4 is 5.73 Å². The quantitative estimate of drug-likeness (QED) is 0.762. The van der Waals surface area contributed by atoms with Gasteiger partial charge in [0.15, 0.2) is 0 Å². The molecular formula is C13H27N3O3S. The zero-order valence-corrected chi connectivity index (χ0v) is 13.5. The smallest absolute Gasteiger partial charge is 0.224 e. The fourth-order valence-corrected chi connectivity index (χ4v) is 3.66. The largest absolute Gasteiger partial charge is 0.340 e. The molecule has 0 aromatic heterocycles. The highest BCUT2D eigenvalue weighted by atomic mass is 32.2. The monoisotopic (exact) mass is 305 g/mol. The van der Waals surface area contributed by atoms with E-state index in [0.29, 0.717) is 39.0 Å². The molecule has 118 valence electrons. The molecule has 20 heavy (non-hydrogen) atoms. The van der Waals surface area contributed by atoms with Crippen molar-refractivity contribution in [3.63, 3.8) is 0 Å². The number of nitrogens with two attached hydrogens (primary N) is 1. The number of nitrogens with zero attached hydrogens (tertiary/aromatic N) is 2. The van der Waals surface area contributed by atoms with Crippen LogP contribution >= 0.6 is 0 Å². The molecule has 0 radical (unpaired) electrons. The molecule has 0 saturated carbocycles. The van der Waals surface area contributed by atoms with E-state index in [-0.39, 0.29) is 23.6 Å². The summed E-state index contributed by atoms with van der Waals surface area (Å²) in [6, 6.07) is -0.135. The molecule has 2 N–H and O–H groups in total. The first-order valence-electron chi connectivity index (χ1n) is 7.29. The number of hydrogen-bond donors (Lipinski definition) is 1. The first-order valence-corrected chi connectivity index (χ1v) is 8.90. The Kier molecular flexibility index (Phi) is 6.42. The predicted molar refractivity (Wildman–Crippen MR) is 79.7 cm³/mol. The Morgan fingerprint density at radius 3 is 2.20 bits per heavy atom. The van der Waals surface area contributed by atoms with E-state index < -0.39 is 10.0 Å². The van der Waals surface area contributed by atoms with Gasteiger partial charge in [0.05, 0.1) is 5.75 Å². The van der Waals surface area contributed by atoms with Crippen molar-refractivity contribution in [3.8, 4) is 0 Å². The van der Waals surface area contributed by atoms with Crippen LogP contribution in [0.5, 0.6) is 0 Å². The third-order valence-electron chi connectivity index (χ3n) is 3.71. The van der Waals surface area contributed by atoms with Gasteiger partial charge in [0.1, 0.15) is 0 Å². The zero-order chi connectivity index (χ0) is 15.3. The van der Waals surface area contributed by atoms with Crippen molar-refractivity contribution in [1.82, 2.24) is 9.21 Å². The first-order chi connectivity index (χ1) is 9.27. The van der Waals surface area contributed by atoms with Crippen molar-refractivity contribution in [3.05, 3.63) is 0 Å². The number of sulfonamides is 1. The second-order valence-electron chi connectivity index (χ2n) is 5.71. The summed E-state index contributed by atoms with van der Waals surface area (Å²) in [5.41, 5.74) is 5.91. The molecule has 1 heterocycles. The molecule has 1 rings (SSSR count). The lowest BCUT2D eigenvalue weighted by Crippen LogP contribution is -2.51. The molecule has 6 nitrogen and oxygen atoms in total. The third-order valence-corrected chi connectivity index (χ3v) is 5.79. The molecule has 1 unspecified atom stereocenters. The van der Waals surface area contributed by atoms with Gasteiger partial charge in [0, 0.05) is 38.6 Å². The normalized spacial score (nSPS) is 19.4. The Hall–Kier alpha value is -0.660. The molecule has 0 bridgehead atoms. The summed E-state index contributed by atoms with van der Waals surface area (Å²) in [5, 5.41) is 0. The Morgan fingerprint density at radius 1 is 1.20 bits per heavy atom. The Balaban J connectivity index is 2.48. The van der Waals surface area contributed by atoms with E-state index >= 15 is 0 Å². The summed E-state index contributed by atoms with van der Waals surface area (Å²) in [7, 11) is -3.15. The van der Waals surface area contributed by atoms with Gasteiger partial charge >= 0.3 is 0 Å². The van der Waals surface area contributed by atoms with Crippen LogP contribution in [0.2, 0.25) is 0 Å². The van der Waals surface area contributed by atoms with Crippen molar-refractivity contribution >= 4 is 15.9 Å². The fourth-order valence-electron chi connectivity index (χ4n) is 2.17. The summed E-state index contributed by atoms with van der Waals surface area (Å²) < 4.78 is 25.4. The Labute approximate surface area is 122 Å². The van der Waals surface area contributed by atoms with Gasteiger partial charge in [0.25, 0.3) is 0 Å². The molecule has 0 spiro atoms. The summed E-state index contributed by atoms with van der Waals surface area (Å²) in [6.07, 6.45) is 0.949. The van der Waals surface area contributed by atoms with Crippen molar-refractivity contribution in [2.75, 3.05) is 31.9 Å². The van der Waals surface area contributed by atoms with Crippen LogP contribution in [-0.2, 0) is 14.8 Å². The van der Waals surface area contributed by atoms with Gasteiger partial charge < -0.3 is 10.6 Å². The maximum atomic E-state index is 12.1. The second-order valence-corrected chi connectivity index (χ2v) is 7.80. The van der Waals surface area contributed by atoms with Crippen LogP contribution in [0.15, 0.2) is 0 Å². The summed E-state index contributed by atoms with van der Waals surface area (Å²) in [4.78, 5) is 13.8. The van der Waals surface area contributed by atoms with Gasteiger partial charge in [-0.2, -0.15) is 4.31 Å². The molecule has 1 atom stereocenters. The maximum Gasteiger partial charge on any atom is 0.224 e. The lowest BCUT2D eigenvalue weighted by molar-refractivity contribution is -0.132. The summed E-state index contributed by atoms with van der Waals surface area (Å²) in [5.74, 6) is 0.475. The fraction of sp³-hybridized carbons (Fsp3) is 0.923. The van der Waals surface area contributed by atoms with Gasteiger partial charge in [-0.15, -0.1) is 0 Å². The maximum absolute atomic E-state index is 12.1. The van der Waals surface area contributed by atoms with E-state index in [0.717, 1.165) is 0 Å². The Morgan fingerprint density at radius 2 is 1.75 bits per heavy atom. The van der Waals surface area contributed by atoms with Crippen LogP contribution in [0.3, 0.4) is 0 Å². The summed E-state index contributed by atoms with van der Waals surface area (Å²) in [6.45, 7) is 7.56. The highest BCUT2D eigenvalue weighted by Crippen LogP contribution is 2.12. The predicted octanol–water partition coefficient (Wildman–Crippen LogP) is 0.244. The van der Waals surface area contributed by atoms with Crippen LogP contribution in [0.1, 0.15) is 33.6 Å². The lowest BCUT2D eigenvalue weighted by Gasteiger charge is -2.34. The number of carbonyl (C=O) groups excluding carboxylic acids is 1. The van der Waals surface area contributed by atoms with E-state index in [4.69, 9.17) is 5.73 Å². The van der Waals surface area contributed by atoms with Crippen molar-refractivity contribution < 1.29 is 13.2 Å². The van der Waals surface area contributed by atoms with Gasteiger partial charge in [0.2, 0.25) is 15.9 Å². The van der Waals surface area contributed by atoms with E-state index in [1.807, 2.05) is 20.8 Å². The highest BCUT2D eigenvalue weighted by molar-refractivity contribution is 7.89. The lowest BCUT2D eigenvalue weighted by atomic mass is 10.0. The topological polar surface area (TPSA) is 83.7 Å². The molecule has 1 aliphatic rings. The van der Waals surface area contributed by atoms with E-state index in [2.05, 4.69) is 0 Å². The molecule has 1 fully saturated rings. The average Bonchev–Trinajstić information content (AvgIpc) is 2.38. The first kappa shape index (κ1) is 17.4. The van der Waals surface area contributed by atoms with E-state index in [9.17, 15) is 13.2 Å². The molecular weight excluding hydrogens is 278 g/mol. The highest BCUT2D eigenvalue weighted by Gasteiger charge is 2.28. The molecule has 7 heteroatoms. The molecule has 1 aliphatic heterocycles. The van der Waals surface area contributed by atoms with Gasteiger partial charge in [-0.05, 0) is 12.3 Å². The van der Waals surface area contributed by atoms with Crippen molar-refractivity contribution in [1.29, 1.82) is 0 Å². The number of amides is 1. The molecule has 0 aliphatic carbocycles. The van der Waals surface area contributed by atoms with E-state index in [1.165, 1.54) is 4.31 Å². The van der Waals surface area contributed by atoms with Gasteiger partial charge in [-0.3, -0.25) is 4.79 Å². The third kappa shape index (κ3) is 4.71.